The molecule has 136 valence electrons. The van der Waals surface area contributed by atoms with Gasteiger partial charge >= 0.3 is 6.18 Å². The molecule has 0 aliphatic heterocycles. The Hall–Kier alpha value is -2.02. The lowest BCUT2D eigenvalue weighted by atomic mass is 10.0. The van der Waals surface area contributed by atoms with Crippen LogP contribution in [0.5, 0.6) is 0 Å². The van der Waals surface area contributed by atoms with E-state index in [0.29, 0.717) is 6.42 Å². The van der Waals surface area contributed by atoms with Crippen molar-refractivity contribution in [3.63, 3.8) is 0 Å². The van der Waals surface area contributed by atoms with Crippen LogP contribution in [0.15, 0.2) is 30.4 Å². The summed E-state index contributed by atoms with van der Waals surface area (Å²) in [5.74, 6) is -0.573. The number of rotatable bonds is 5. The van der Waals surface area contributed by atoms with Gasteiger partial charge in [0.25, 0.3) is 0 Å². The van der Waals surface area contributed by atoms with Crippen molar-refractivity contribution in [2.45, 2.75) is 25.4 Å². The Morgan fingerprint density at radius 3 is 2.68 bits per heavy atom. The van der Waals surface area contributed by atoms with Gasteiger partial charge < -0.3 is 10.2 Å². The van der Waals surface area contributed by atoms with Crippen LogP contribution in [0.4, 0.5) is 18.9 Å². The number of benzene rings is 1. The minimum Gasteiger partial charge on any atom is -0.336 e. The molecule has 0 heterocycles. The molecule has 2 amide bonds. The van der Waals surface area contributed by atoms with Gasteiger partial charge in [0.2, 0.25) is 11.8 Å². The highest BCUT2D eigenvalue weighted by molar-refractivity contribution is 6.31. The number of alkyl halides is 3. The predicted molar refractivity (Wildman–Crippen MR) is 89.2 cm³/mol. The number of likely N-dealkylation sites (N-methyl/N-ethyl adjacent to an activating group) is 1. The number of nitrogens with zero attached hydrogens (tertiary/aromatic N) is 1. The number of carbonyl (C=O) groups excluding carboxylic acids is 2. The molecule has 0 fully saturated rings. The molecule has 0 unspecified atom stereocenters. The maximum atomic E-state index is 12.8. The van der Waals surface area contributed by atoms with E-state index in [2.05, 4.69) is 5.32 Å². The summed E-state index contributed by atoms with van der Waals surface area (Å²) in [6, 6.07) is 3.12. The van der Waals surface area contributed by atoms with E-state index in [4.69, 9.17) is 11.6 Å². The molecular formula is C17H18ClF3N2O2. The van der Waals surface area contributed by atoms with Crippen molar-refractivity contribution >= 4 is 29.1 Å². The quantitative estimate of drug-likeness (QED) is 0.788. The Bertz CT molecular complexity index is 689. The third-order valence-corrected chi connectivity index (χ3v) is 4.24. The van der Waals surface area contributed by atoms with Gasteiger partial charge in [-0.25, -0.2) is 0 Å². The first-order chi connectivity index (χ1) is 11.7. The number of hydrogen-bond acceptors (Lipinski definition) is 2. The fourth-order valence-corrected chi connectivity index (χ4v) is 2.79. The van der Waals surface area contributed by atoms with E-state index in [-0.39, 0.29) is 24.1 Å². The van der Waals surface area contributed by atoms with Gasteiger partial charge in [-0.05, 0) is 37.0 Å². The fraction of sp³-hybridized carbons (Fsp3) is 0.412. The van der Waals surface area contributed by atoms with Crippen molar-refractivity contribution in [3.8, 4) is 0 Å². The van der Waals surface area contributed by atoms with Crippen LogP contribution in [0, 0.1) is 5.92 Å². The molecule has 2 rings (SSSR count). The highest BCUT2D eigenvalue weighted by Crippen LogP contribution is 2.36. The lowest BCUT2D eigenvalue weighted by Crippen LogP contribution is -2.35. The summed E-state index contributed by atoms with van der Waals surface area (Å²) < 4.78 is 38.5. The molecule has 4 nitrogen and oxygen atoms in total. The maximum Gasteiger partial charge on any atom is 0.417 e. The molecule has 1 aliphatic rings. The fourth-order valence-electron chi connectivity index (χ4n) is 2.57. The summed E-state index contributed by atoms with van der Waals surface area (Å²) in [7, 11) is 1.49. The van der Waals surface area contributed by atoms with Gasteiger partial charge in [-0.15, -0.1) is 0 Å². The monoisotopic (exact) mass is 374 g/mol. The van der Waals surface area contributed by atoms with Crippen molar-refractivity contribution < 1.29 is 22.8 Å². The Labute approximate surface area is 148 Å². The zero-order valence-corrected chi connectivity index (χ0v) is 14.3. The summed E-state index contributed by atoms with van der Waals surface area (Å²) in [6.45, 7) is -0.237. The van der Waals surface area contributed by atoms with Crippen molar-refractivity contribution in [3.05, 3.63) is 40.9 Å². The first kappa shape index (κ1) is 19.3. The van der Waals surface area contributed by atoms with E-state index in [1.165, 1.54) is 18.0 Å². The minimum atomic E-state index is -4.61. The van der Waals surface area contributed by atoms with Crippen molar-refractivity contribution in [2.75, 3.05) is 18.9 Å². The average Bonchev–Trinajstić information content (AvgIpc) is 3.00. The van der Waals surface area contributed by atoms with Gasteiger partial charge in [-0.3, -0.25) is 9.59 Å². The van der Waals surface area contributed by atoms with E-state index in [1.54, 1.807) is 0 Å². The predicted octanol–water partition coefficient (Wildman–Crippen LogP) is 4.11. The Morgan fingerprint density at radius 2 is 2.08 bits per heavy atom. The molecule has 1 aromatic carbocycles. The van der Waals surface area contributed by atoms with E-state index in [1.807, 2.05) is 12.2 Å². The second kappa shape index (κ2) is 7.91. The van der Waals surface area contributed by atoms with Crippen molar-refractivity contribution in [2.24, 2.45) is 5.92 Å². The third-order valence-electron chi connectivity index (χ3n) is 3.91. The molecule has 1 atom stereocenters. The molecule has 1 aliphatic carbocycles. The zero-order chi connectivity index (χ0) is 18.6. The lowest BCUT2D eigenvalue weighted by Gasteiger charge is -2.19. The average molecular weight is 375 g/mol. The summed E-state index contributed by atoms with van der Waals surface area (Å²) in [5.41, 5.74) is -1.05. The van der Waals surface area contributed by atoms with E-state index >= 15 is 0 Å². The van der Waals surface area contributed by atoms with Crippen LogP contribution in [0.25, 0.3) is 0 Å². The number of allylic oxidation sites excluding steroid dienone is 2. The molecule has 0 saturated carbocycles. The SMILES string of the molecule is CN(CC(=O)Nc1ccc(Cl)c(C(F)(F)F)c1)C(=O)C[C@@H]1C=CCC1. The number of carbonyl (C=O) groups is 2. The summed E-state index contributed by atoms with van der Waals surface area (Å²) >= 11 is 5.53. The first-order valence-corrected chi connectivity index (χ1v) is 8.12. The highest BCUT2D eigenvalue weighted by atomic mass is 35.5. The Morgan fingerprint density at radius 1 is 1.36 bits per heavy atom. The third kappa shape index (κ3) is 5.49. The molecule has 0 aromatic heterocycles. The van der Waals surface area contributed by atoms with Crippen molar-refractivity contribution in [1.82, 2.24) is 4.90 Å². The van der Waals surface area contributed by atoms with E-state index in [9.17, 15) is 22.8 Å². The molecule has 1 N–H and O–H groups in total. The number of nitrogens with one attached hydrogen (secondary N) is 1. The molecule has 0 radical (unpaired) electrons. The molecule has 8 heteroatoms. The summed E-state index contributed by atoms with van der Waals surface area (Å²) in [5, 5.41) is 1.91. The molecule has 0 bridgehead atoms. The highest BCUT2D eigenvalue weighted by Gasteiger charge is 2.33. The minimum absolute atomic E-state index is 0.0266. The number of anilines is 1. The topological polar surface area (TPSA) is 49.4 Å². The van der Waals surface area contributed by atoms with Gasteiger partial charge in [-0.2, -0.15) is 13.2 Å². The normalized spacial score (nSPS) is 16.8. The van der Waals surface area contributed by atoms with Gasteiger partial charge in [0, 0.05) is 19.2 Å². The molecule has 0 saturated heterocycles. The van der Waals surface area contributed by atoms with E-state index in [0.717, 1.165) is 25.0 Å². The largest absolute Gasteiger partial charge is 0.417 e. The standard InChI is InChI=1S/C17H18ClF3N2O2/c1-23(16(25)8-11-4-2-3-5-11)10-15(24)22-12-6-7-14(18)13(9-12)17(19,20)21/h2,4,6-7,9,11H,3,5,8,10H2,1H3,(H,22,24)/t11-/m1/s1. The van der Waals surface area contributed by atoms with Gasteiger partial charge in [0.05, 0.1) is 17.1 Å². The first-order valence-electron chi connectivity index (χ1n) is 7.74. The van der Waals surface area contributed by atoms with Crippen molar-refractivity contribution in [1.29, 1.82) is 0 Å². The van der Waals surface area contributed by atoms with Crippen LogP contribution in [0.3, 0.4) is 0 Å². The van der Waals surface area contributed by atoms with E-state index < -0.39 is 22.7 Å². The Balaban J connectivity index is 1.93. The lowest BCUT2D eigenvalue weighted by molar-refractivity contribution is -0.137. The zero-order valence-electron chi connectivity index (χ0n) is 13.6. The van der Waals surface area contributed by atoms with Crippen LogP contribution in [0.2, 0.25) is 5.02 Å². The van der Waals surface area contributed by atoms with Gasteiger partial charge in [-0.1, -0.05) is 23.8 Å². The maximum absolute atomic E-state index is 12.8. The molecule has 1 aromatic rings. The van der Waals surface area contributed by atoms with Crippen LogP contribution in [-0.4, -0.2) is 30.3 Å². The summed E-state index contributed by atoms with van der Waals surface area (Å²) in [6.07, 6.45) is 1.57. The number of hydrogen-bond donors (Lipinski definition) is 1. The van der Waals surface area contributed by atoms with Crippen LogP contribution in [0.1, 0.15) is 24.8 Å². The molecule has 0 spiro atoms. The van der Waals surface area contributed by atoms with Gasteiger partial charge in [0.15, 0.2) is 0 Å². The van der Waals surface area contributed by atoms with Crippen LogP contribution < -0.4 is 5.32 Å². The number of amides is 2. The van der Waals surface area contributed by atoms with Crippen LogP contribution >= 0.6 is 11.6 Å². The smallest absolute Gasteiger partial charge is 0.336 e. The second-order valence-corrected chi connectivity index (χ2v) is 6.37. The number of halogens is 4. The molecule has 25 heavy (non-hydrogen) atoms. The van der Waals surface area contributed by atoms with Crippen LogP contribution in [-0.2, 0) is 15.8 Å². The second-order valence-electron chi connectivity index (χ2n) is 5.96. The van der Waals surface area contributed by atoms with Gasteiger partial charge in [0.1, 0.15) is 0 Å². The summed E-state index contributed by atoms with van der Waals surface area (Å²) in [4.78, 5) is 25.3. The molecular weight excluding hydrogens is 357 g/mol. The Kier molecular flexibility index (Phi) is 6.11.